The van der Waals surface area contributed by atoms with Crippen LogP contribution in [-0.2, 0) is 14.3 Å². The lowest BCUT2D eigenvalue weighted by Gasteiger charge is -2.20. The Kier molecular flexibility index (Phi) is 5.42. The van der Waals surface area contributed by atoms with E-state index in [0.29, 0.717) is 5.57 Å². The van der Waals surface area contributed by atoms with Crippen molar-refractivity contribution in [3.05, 3.63) is 12.2 Å². The molecule has 0 aromatic heterocycles. The number of hydrogen-bond acceptors (Lipinski definition) is 4. The number of ether oxygens (including phenoxy) is 2. The predicted molar refractivity (Wildman–Crippen MR) is 52.3 cm³/mol. The first-order chi connectivity index (χ1) is 6.34. The van der Waals surface area contributed by atoms with Crippen LogP contribution in [-0.4, -0.2) is 23.7 Å². The Bertz CT molecular complexity index is 210. The van der Waals surface area contributed by atoms with E-state index in [2.05, 4.69) is 6.58 Å². The van der Waals surface area contributed by atoms with Crippen LogP contribution in [0.15, 0.2) is 12.2 Å². The number of carbonyl (C=O) groups is 1. The molecule has 0 aliphatic carbocycles. The molecule has 0 bridgehead atoms. The van der Waals surface area contributed by atoms with Gasteiger partial charge in [-0.1, -0.05) is 20.4 Å². The molecule has 0 radical (unpaired) electrons. The first-order valence-corrected chi connectivity index (χ1v) is 4.54. The topological polar surface area (TPSA) is 55.8 Å². The van der Waals surface area contributed by atoms with Crippen LogP contribution in [0.1, 0.15) is 27.7 Å². The summed E-state index contributed by atoms with van der Waals surface area (Å²) in [6.07, 6.45) is -1.69. The van der Waals surface area contributed by atoms with Gasteiger partial charge in [-0.2, -0.15) is 0 Å². The maximum absolute atomic E-state index is 11.0. The van der Waals surface area contributed by atoms with Gasteiger partial charge in [0.2, 0.25) is 6.29 Å². The third kappa shape index (κ3) is 4.99. The zero-order chi connectivity index (χ0) is 11.3. The molecule has 0 amide bonds. The molecule has 2 unspecified atom stereocenters. The van der Waals surface area contributed by atoms with E-state index in [-0.39, 0.29) is 5.92 Å². The second-order valence-corrected chi connectivity index (χ2v) is 3.52. The number of hydrogen-bond donors (Lipinski definition) is 1. The molecule has 1 N–H and O–H groups in total. The van der Waals surface area contributed by atoms with Gasteiger partial charge in [0.25, 0.3) is 0 Å². The maximum atomic E-state index is 11.0. The monoisotopic (exact) mass is 202 g/mol. The fraction of sp³-hybridized carbons (Fsp3) is 0.700. The Morgan fingerprint density at radius 2 is 1.86 bits per heavy atom. The van der Waals surface area contributed by atoms with Gasteiger partial charge in [0.1, 0.15) is 0 Å². The van der Waals surface area contributed by atoms with Gasteiger partial charge >= 0.3 is 5.97 Å². The number of aliphatic hydroxyl groups is 1. The van der Waals surface area contributed by atoms with E-state index in [1.54, 1.807) is 27.7 Å². The second-order valence-electron chi connectivity index (χ2n) is 3.52. The highest BCUT2D eigenvalue weighted by Crippen LogP contribution is 2.08. The molecular weight excluding hydrogens is 184 g/mol. The SMILES string of the molecule is C=C(C)C(=O)OC(C)OC(O)C(C)C. The molecular formula is C10H18O4. The van der Waals surface area contributed by atoms with Crippen molar-refractivity contribution in [3.8, 4) is 0 Å². The summed E-state index contributed by atoms with van der Waals surface area (Å²) < 4.78 is 9.82. The lowest BCUT2D eigenvalue weighted by molar-refractivity contribution is -0.229. The highest BCUT2D eigenvalue weighted by molar-refractivity contribution is 5.86. The average Bonchev–Trinajstić information content (AvgIpc) is 2.03. The fourth-order valence-electron chi connectivity index (χ4n) is 0.633. The van der Waals surface area contributed by atoms with Gasteiger partial charge in [0.15, 0.2) is 6.29 Å². The zero-order valence-corrected chi connectivity index (χ0v) is 9.11. The van der Waals surface area contributed by atoms with E-state index < -0.39 is 18.5 Å². The van der Waals surface area contributed by atoms with Gasteiger partial charge in [-0.3, -0.25) is 0 Å². The van der Waals surface area contributed by atoms with E-state index in [4.69, 9.17) is 9.47 Å². The number of esters is 1. The van der Waals surface area contributed by atoms with Crippen molar-refractivity contribution in [2.75, 3.05) is 0 Å². The van der Waals surface area contributed by atoms with Crippen molar-refractivity contribution in [1.29, 1.82) is 0 Å². The zero-order valence-electron chi connectivity index (χ0n) is 9.11. The summed E-state index contributed by atoms with van der Waals surface area (Å²) in [6.45, 7) is 10.1. The summed E-state index contributed by atoms with van der Waals surface area (Å²) in [5.74, 6) is -0.561. The van der Waals surface area contributed by atoms with E-state index in [0.717, 1.165) is 0 Å². The smallest absolute Gasteiger partial charge is 0.335 e. The molecule has 82 valence electrons. The van der Waals surface area contributed by atoms with Crippen LogP contribution in [0.4, 0.5) is 0 Å². The molecule has 0 saturated heterocycles. The molecule has 0 aromatic carbocycles. The number of carbonyl (C=O) groups excluding carboxylic acids is 1. The van der Waals surface area contributed by atoms with Gasteiger partial charge < -0.3 is 14.6 Å². The van der Waals surface area contributed by atoms with E-state index in [1.165, 1.54) is 0 Å². The van der Waals surface area contributed by atoms with E-state index >= 15 is 0 Å². The van der Waals surface area contributed by atoms with Crippen LogP contribution in [0.3, 0.4) is 0 Å². The van der Waals surface area contributed by atoms with Crippen LogP contribution in [0.5, 0.6) is 0 Å². The normalized spacial score (nSPS) is 15.0. The molecule has 14 heavy (non-hydrogen) atoms. The molecule has 4 nitrogen and oxygen atoms in total. The molecule has 0 aliphatic heterocycles. The van der Waals surface area contributed by atoms with Gasteiger partial charge in [-0.25, -0.2) is 4.79 Å². The van der Waals surface area contributed by atoms with Crippen LogP contribution in [0, 0.1) is 5.92 Å². The standard InChI is InChI=1S/C10H18O4/c1-6(2)9(11)13-8(5)14-10(12)7(3)4/h7-8,10,12H,1H2,2-5H3. The highest BCUT2D eigenvalue weighted by Gasteiger charge is 2.16. The molecule has 0 fully saturated rings. The average molecular weight is 202 g/mol. The van der Waals surface area contributed by atoms with E-state index in [1.807, 2.05) is 0 Å². The van der Waals surface area contributed by atoms with Crippen molar-refractivity contribution in [2.45, 2.75) is 40.3 Å². The van der Waals surface area contributed by atoms with Crippen molar-refractivity contribution in [1.82, 2.24) is 0 Å². The van der Waals surface area contributed by atoms with Crippen LogP contribution in [0.2, 0.25) is 0 Å². The van der Waals surface area contributed by atoms with Crippen LogP contribution >= 0.6 is 0 Å². The third-order valence-electron chi connectivity index (χ3n) is 1.52. The van der Waals surface area contributed by atoms with Crippen molar-refractivity contribution >= 4 is 5.97 Å². The van der Waals surface area contributed by atoms with Crippen molar-refractivity contribution in [3.63, 3.8) is 0 Å². The Morgan fingerprint density at radius 3 is 2.21 bits per heavy atom. The molecule has 0 rings (SSSR count). The maximum Gasteiger partial charge on any atom is 0.335 e. The Balaban J connectivity index is 3.92. The lowest BCUT2D eigenvalue weighted by Crippen LogP contribution is -2.28. The van der Waals surface area contributed by atoms with Crippen LogP contribution < -0.4 is 0 Å². The Morgan fingerprint density at radius 1 is 1.36 bits per heavy atom. The quantitative estimate of drug-likeness (QED) is 0.416. The van der Waals surface area contributed by atoms with Crippen molar-refractivity contribution < 1.29 is 19.4 Å². The van der Waals surface area contributed by atoms with Gasteiger partial charge in [0.05, 0.1) is 0 Å². The summed E-state index contributed by atoms with van der Waals surface area (Å²) in [7, 11) is 0. The minimum Gasteiger partial charge on any atom is -0.433 e. The molecule has 2 atom stereocenters. The van der Waals surface area contributed by atoms with Crippen LogP contribution in [0.25, 0.3) is 0 Å². The van der Waals surface area contributed by atoms with Gasteiger partial charge in [-0.05, 0) is 13.8 Å². The highest BCUT2D eigenvalue weighted by atomic mass is 16.7. The first kappa shape index (κ1) is 13.1. The molecule has 0 saturated carbocycles. The molecule has 0 aromatic rings. The fourth-order valence-corrected chi connectivity index (χ4v) is 0.633. The molecule has 0 heterocycles. The predicted octanol–water partition coefficient (Wildman–Crippen LogP) is 1.44. The lowest BCUT2D eigenvalue weighted by atomic mass is 10.2. The van der Waals surface area contributed by atoms with Gasteiger partial charge in [0, 0.05) is 11.5 Å². The largest absolute Gasteiger partial charge is 0.433 e. The third-order valence-corrected chi connectivity index (χ3v) is 1.52. The Hall–Kier alpha value is -0.870. The summed E-state index contributed by atoms with van der Waals surface area (Å²) in [5, 5.41) is 9.31. The first-order valence-electron chi connectivity index (χ1n) is 4.54. The minimum atomic E-state index is -0.928. The van der Waals surface area contributed by atoms with Crippen molar-refractivity contribution in [2.24, 2.45) is 5.92 Å². The number of aliphatic hydroxyl groups excluding tert-OH is 1. The number of rotatable bonds is 5. The van der Waals surface area contributed by atoms with Gasteiger partial charge in [-0.15, -0.1) is 0 Å². The molecule has 0 aliphatic rings. The summed E-state index contributed by atoms with van der Waals surface area (Å²) in [4.78, 5) is 11.0. The summed E-state index contributed by atoms with van der Waals surface area (Å²) in [5.41, 5.74) is 0.305. The molecule has 4 heteroatoms. The summed E-state index contributed by atoms with van der Waals surface area (Å²) in [6, 6.07) is 0. The minimum absolute atomic E-state index is 0.0408. The molecule has 0 spiro atoms. The Labute approximate surface area is 84.5 Å². The summed E-state index contributed by atoms with van der Waals surface area (Å²) >= 11 is 0. The van der Waals surface area contributed by atoms with E-state index in [9.17, 15) is 9.90 Å². The second kappa shape index (κ2) is 5.78.